The summed E-state index contributed by atoms with van der Waals surface area (Å²) in [6, 6.07) is -0.674. The van der Waals surface area contributed by atoms with Gasteiger partial charge in [0.15, 0.2) is 0 Å². The minimum absolute atomic E-state index is 0. The van der Waals surface area contributed by atoms with E-state index in [2.05, 4.69) is 0 Å². The van der Waals surface area contributed by atoms with Crippen LogP contribution in [-0.4, -0.2) is 12.2 Å². The molecule has 1 aliphatic rings. The summed E-state index contributed by atoms with van der Waals surface area (Å²) in [5.74, 6) is -1.26. The average molecular weight is 218 g/mol. The van der Waals surface area contributed by atoms with Crippen molar-refractivity contribution in [3.8, 4) is 0 Å². The summed E-state index contributed by atoms with van der Waals surface area (Å²) in [6.45, 7) is 0. The van der Waals surface area contributed by atoms with Crippen molar-refractivity contribution in [1.29, 1.82) is 0 Å². The molecule has 0 heterocycles. The van der Waals surface area contributed by atoms with E-state index in [0.29, 0.717) is 12.8 Å². The lowest BCUT2D eigenvalue weighted by atomic mass is 9.95. The van der Waals surface area contributed by atoms with Crippen molar-refractivity contribution in [2.75, 3.05) is 0 Å². The van der Waals surface area contributed by atoms with Gasteiger partial charge in [-0.3, -0.25) is 0 Å². The van der Waals surface area contributed by atoms with E-state index < -0.39 is 18.1 Å². The lowest BCUT2D eigenvalue weighted by Gasteiger charge is -2.23. The van der Waals surface area contributed by atoms with Crippen LogP contribution in [-0.2, 0) is 0 Å². The Bertz CT molecular complexity index is 149. The molecular formula is C8H15ClF3N. The average Bonchev–Trinajstić information content (AvgIpc) is 2.11. The normalized spacial score (nSPS) is 30.5. The predicted molar refractivity (Wildman–Crippen MR) is 47.9 cm³/mol. The second kappa shape index (κ2) is 5.05. The van der Waals surface area contributed by atoms with Crippen LogP contribution < -0.4 is 5.73 Å². The number of halogens is 4. The summed E-state index contributed by atoms with van der Waals surface area (Å²) in [7, 11) is 0. The molecule has 0 radical (unpaired) electrons. The van der Waals surface area contributed by atoms with Gasteiger partial charge in [0.05, 0.1) is 5.92 Å². The maximum Gasteiger partial charge on any atom is 0.393 e. The van der Waals surface area contributed by atoms with Gasteiger partial charge in [0.25, 0.3) is 0 Å². The molecule has 2 atom stereocenters. The maximum absolute atomic E-state index is 12.3. The largest absolute Gasteiger partial charge is 0.393 e. The maximum atomic E-state index is 12.3. The van der Waals surface area contributed by atoms with Gasteiger partial charge in [-0.1, -0.05) is 19.3 Å². The van der Waals surface area contributed by atoms with Gasteiger partial charge in [0.1, 0.15) is 0 Å². The Labute approximate surface area is 82.3 Å². The molecule has 0 saturated heterocycles. The Morgan fingerprint density at radius 3 is 2.08 bits per heavy atom. The van der Waals surface area contributed by atoms with Crippen molar-refractivity contribution in [1.82, 2.24) is 0 Å². The van der Waals surface area contributed by atoms with Crippen molar-refractivity contribution < 1.29 is 13.2 Å². The zero-order valence-corrected chi connectivity index (χ0v) is 8.13. The molecule has 0 bridgehead atoms. The molecule has 0 spiro atoms. The molecule has 1 rings (SSSR count). The van der Waals surface area contributed by atoms with Crippen LogP contribution >= 0.6 is 12.4 Å². The first-order valence-corrected chi connectivity index (χ1v) is 4.34. The smallest absolute Gasteiger partial charge is 0.327 e. The Kier molecular flexibility index (Phi) is 5.07. The van der Waals surface area contributed by atoms with E-state index in [9.17, 15) is 13.2 Å². The first-order chi connectivity index (χ1) is 5.52. The highest BCUT2D eigenvalue weighted by Crippen LogP contribution is 2.35. The van der Waals surface area contributed by atoms with E-state index in [0.717, 1.165) is 12.8 Å². The third kappa shape index (κ3) is 3.73. The number of hydrogen-bond acceptors (Lipinski definition) is 1. The molecule has 13 heavy (non-hydrogen) atoms. The number of rotatable bonds is 0. The van der Waals surface area contributed by atoms with Crippen LogP contribution in [0.25, 0.3) is 0 Å². The highest BCUT2D eigenvalue weighted by atomic mass is 35.5. The molecule has 5 heteroatoms. The second-order valence-electron chi connectivity index (χ2n) is 3.45. The molecule has 1 saturated carbocycles. The topological polar surface area (TPSA) is 26.0 Å². The Morgan fingerprint density at radius 2 is 1.54 bits per heavy atom. The number of nitrogens with two attached hydrogens (primary N) is 1. The van der Waals surface area contributed by atoms with E-state index in [1.807, 2.05) is 0 Å². The Morgan fingerprint density at radius 1 is 1.00 bits per heavy atom. The molecule has 1 aliphatic carbocycles. The Hall–Kier alpha value is 0.0400. The molecule has 0 aliphatic heterocycles. The highest BCUT2D eigenvalue weighted by molar-refractivity contribution is 5.85. The zero-order chi connectivity index (χ0) is 9.19. The van der Waals surface area contributed by atoms with Crippen molar-refractivity contribution in [2.24, 2.45) is 11.7 Å². The van der Waals surface area contributed by atoms with Gasteiger partial charge in [-0.15, -0.1) is 12.4 Å². The quantitative estimate of drug-likeness (QED) is 0.621. The fraction of sp³-hybridized carbons (Fsp3) is 1.00. The lowest BCUT2D eigenvalue weighted by Crippen LogP contribution is -2.38. The third-order valence-corrected chi connectivity index (χ3v) is 2.49. The molecule has 1 nitrogen and oxygen atoms in total. The van der Waals surface area contributed by atoms with E-state index >= 15 is 0 Å². The van der Waals surface area contributed by atoms with E-state index in [1.54, 1.807) is 0 Å². The summed E-state index contributed by atoms with van der Waals surface area (Å²) in [4.78, 5) is 0. The van der Waals surface area contributed by atoms with Gasteiger partial charge in [-0.2, -0.15) is 13.2 Å². The summed E-state index contributed by atoms with van der Waals surface area (Å²) in [5, 5.41) is 0. The van der Waals surface area contributed by atoms with Crippen LogP contribution in [0.4, 0.5) is 13.2 Å². The fourth-order valence-electron chi connectivity index (χ4n) is 1.74. The zero-order valence-electron chi connectivity index (χ0n) is 7.31. The summed E-state index contributed by atoms with van der Waals surface area (Å²) < 4.78 is 36.9. The van der Waals surface area contributed by atoms with Crippen molar-refractivity contribution >= 4 is 12.4 Å². The van der Waals surface area contributed by atoms with E-state index in [4.69, 9.17) is 5.73 Å². The number of alkyl halides is 3. The molecule has 0 aromatic carbocycles. The van der Waals surface area contributed by atoms with Crippen molar-refractivity contribution in [3.63, 3.8) is 0 Å². The number of hydrogen-bond donors (Lipinski definition) is 1. The minimum atomic E-state index is -4.09. The molecule has 1 fully saturated rings. The van der Waals surface area contributed by atoms with Crippen molar-refractivity contribution in [3.05, 3.63) is 0 Å². The first kappa shape index (κ1) is 13.0. The molecule has 80 valence electrons. The molecule has 0 aromatic rings. The van der Waals surface area contributed by atoms with E-state index in [-0.39, 0.29) is 18.8 Å². The molecule has 0 unspecified atom stereocenters. The Balaban J connectivity index is 0.00000144. The SMILES string of the molecule is Cl.N[C@@H]1CCCCC[C@@H]1C(F)(F)F. The summed E-state index contributed by atoms with van der Waals surface area (Å²) in [5.41, 5.74) is 5.45. The van der Waals surface area contributed by atoms with Gasteiger partial charge in [-0.25, -0.2) is 0 Å². The fourth-order valence-corrected chi connectivity index (χ4v) is 1.74. The lowest BCUT2D eigenvalue weighted by molar-refractivity contribution is -0.181. The summed E-state index contributed by atoms with van der Waals surface area (Å²) in [6.07, 6.45) is -0.968. The van der Waals surface area contributed by atoms with Crippen LogP contribution in [0.2, 0.25) is 0 Å². The molecular weight excluding hydrogens is 203 g/mol. The molecule has 2 N–H and O–H groups in total. The van der Waals surface area contributed by atoms with Gasteiger partial charge in [0, 0.05) is 6.04 Å². The standard InChI is InChI=1S/C8H14F3N.ClH/c9-8(10,11)6-4-2-1-3-5-7(6)12;/h6-7H,1-5,12H2;1H/t6-,7+;/m0./s1. The van der Waals surface area contributed by atoms with Crippen LogP contribution in [0.15, 0.2) is 0 Å². The van der Waals surface area contributed by atoms with E-state index in [1.165, 1.54) is 0 Å². The summed E-state index contributed by atoms with van der Waals surface area (Å²) >= 11 is 0. The van der Waals surface area contributed by atoms with Gasteiger partial charge < -0.3 is 5.73 Å². The predicted octanol–water partition coefficient (Wildman–Crippen LogP) is 2.88. The van der Waals surface area contributed by atoms with Gasteiger partial charge in [-0.05, 0) is 12.8 Å². The van der Waals surface area contributed by atoms with Crippen LogP contribution in [0.5, 0.6) is 0 Å². The highest BCUT2D eigenvalue weighted by Gasteiger charge is 2.43. The van der Waals surface area contributed by atoms with Gasteiger partial charge in [0.2, 0.25) is 0 Å². The first-order valence-electron chi connectivity index (χ1n) is 4.34. The van der Waals surface area contributed by atoms with Crippen LogP contribution in [0, 0.1) is 5.92 Å². The molecule has 0 aromatic heterocycles. The van der Waals surface area contributed by atoms with Gasteiger partial charge >= 0.3 is 6.18 Å². The van der Waals surface area contributed by atoms with Crippen LogP contribution in [0.3, 0.4) is 0 Å². The minimum Gasteiger partial charge on any atom is -0.327 e. The van der Waals surface area contributed by atoms with Crippen LogP contribution in [0.1, 0.15) is 32.1 Å². The molecule has 0 amide bonds. The third-order valence-electron chi connectivity index (χ3n) is 2.49. The van der Waals surface area contributed by atoms with Crippen molar-refractivity contribution in [2.45, 2.75) is 44.3 Å². The second-order valence-corrected chi connectivity index (χ2v) is 3.45. The monoisotopic (exact) mass is 217 g/mol.